The zero-order chi connectivity index (χ0) is 19.7. The van der Waals surface area contributed by atoms with Gasteiger partial charge in [0.15, 0.2) is 5.65 Å². The van der Waals surface area contributed by atoms with Crippen LogP contribution in [0, 0.1) is 6.92 Å². The molecule has 0 unspecified atom stereocenters. The molecule has 0 atom stereocenters. The van der Waals surface area contributed by atoms with E-state index < -0.39 is 11.5 Å². The highest BCUT2D eigenvalue weighted by atomic mass is 16.3. The molecular formula is C22H17N3O3. The first-order valence-electron chi connectivity index (χ1n) is 8.72. The van der Waals surface area contributed by atoms with Gasteiger partial charge in [-0.1, -0.05) is 30.3 Å². The second kappa shape index (κ2) is 7.00. The predicted octanol–water partition coefficient (Wildman–Crippen LogP) is 3.65. The van der Waals surface area contributed by atoms with E-state index in [0.717, 1.165) is 5.56 Å². The number of pyridine rings is 2. The van der Waals surface area contributed by atoms with Crippen LogP contribution in [-0.4, -0.2) is 20.6 Å². The number of aromatic hydroxyl groups is 1. The van der Waals surface area contributed by atoms with Crippen LogP contribution in [0.4, 0.5) is 5.69 Å². The Hall–Kier alpha value is -3.93. The van der Waals surface area contributed by atoms with Gasteiger partial charge in [-0.2, -0.15) is 0 Å². The second-order valence-corrected chi connectivity index (χ2v) is 6.40. The van der Waals surface area contributed by atoms with Crippen molar-refractivity contribution in [2.45, 2.75) is 6.92 Å². The highest BCUT2D eigenvalue weighted by Crippen LogP contribution is 2.27. The molecule has 0 saturated heterocycles. The van der Waals surface area contributed by atoms with Gasteiger partial charge in [0.2, 0.25) is 0 Å². The zero-order valence-electron chi connectivity index (χ0n) is 15.1. The largest absolute Gasteiger partial charge is 0.506 e. The van der Waals surface area contributed by atoms with Crippen molar-refractivity contribution in [3.63, 3.8) is 0 Å². The molecule has 2 aromatic heterocycles. The molecule has 1 amide bonds. The first-order chi connectivity index (χ1) is 13.6. The van der Waals surface area contributed by atoms with E-state index >= 15 is 0 Å². The van der Waals surface area contributed by atoms with Crippen LogP contribution in [0.3, 0.4) is 0 Å². The number of benzene rings is 2. The lowest BCUT2D eigenvalue weighted by molar-refractivity contribution is 0.102. The van der Waals surface area contributed by atoms with Gasteiger partial charge in [-0.15, -0.1) is 0 Å². The molecule has 0 aliphatic rings. The minimum Gasteiger partial charge on any atom is -0.506 e. The summed E-state index contributed by atoms with van der Waals surface area (Å²) in [5.41, 5.74) is 1.38. The number of rotatable bonds is 3. The third-order valence-corrected chi connectivity index (χ3v) is 4.42. The summed E-state index contributed by atoms with van der Waals surface area (Å²) in [6.07, 6.45) is 1.53. The van der Waals surface area contributed by atoms with E-state index in [1.54, 1.807) is 54.6 Å². The minimum absolute atomic E-state index is 0.281. The number of nitrogens with zero attached hydrogens (tertiary/aromatic N) is 2. The Morgan fingerprint density at radius 3 is 2.57 bits per heavy atom. The van der Waals surface area contributed by atoms with Crippen molar-refractivity contribution in [3.05, 3.63) is 94.4 Å². The SMILES string of the molecule is Cc1cccc(NC(=O)c2c(O)c3cccnc3n(-c3ccccc3)c2=O)c1. The topological polar surface area (TPSA) is 84.2 Å². The molecule has 2 N–H and O–H groups in total. The molecule has 0 fully saturated rings. The number of carbonyl (C=O) groups excluding carboxylic acids is 1. The summed E-state index contributed by atoms with van der Waals surface area (Å²) in [6.45, 7) is 1.90. The lowest BCUT2D eigenvalue weighted by Gasteiger charge is -2.14. The third-order valence-electron chi connectivity index (χ3n) is 4.42. The zero-order valence-corrected chi connectivity index (χ0v) is 15.1. The van der Waals surface area contributed by atoms with Crippen LogP contribution in [0.2, 0.25) is 0 Å². The van der Waals surface area contributed by atoms with Crippen molar-refractivity contribution < 1.29 is 9.90 Å². The van der Waals surface area contributed by atoms with E-state index in [1.165, 1.54) is 10.8 Å². The number of anilines is 1. The van der Waals surface area contributed by atoms with Gasteiger partial charge in [-0.3, -0.25) is 14.2 Å². The quantitative estimate of drug-likeness (QED) is 0.576. The number of amides is 1. The molecule has 28 heavy (non-hydrogen) atoms. The van der Waals surface area contributed by atoms with E-state index in [1.807, 2.05) is 19.1 Å². The third kappa shape index (κ3) is 3.01. The monoisotopic (exact) mass is 371 g/mol. The molecule has 4 aromatic rings. The molecule has 0 bridgehead atoms. The first-order valence-corrected chi connectivity index (χ1v) is 8.72. The first kappa shape index (κ1) is 17.5. The maximum absolute atomic E-state index is 13.2. The van der Waals surface area contributed by atoms with Crippen LogP contribution in [0.5, 0.6) is 5.75 Å². The van der Waals surface area contributed by atoms with Gasteiger partial charge in [-0.05, 0) is 48.9 Å². The maximum Gasteiger partial charge on any atom is 0.273 e. The number of aryl methyl sites for hydroxylation is 1. The molecule has 138 valence electrons. The lowest BCUT2D eigenvalue weighted by Crippen LogP contribution is -2.29. The highest BCUT2D eigenvalue weighted by molar-refractivity contribution is 6.09. The molecule has 6 heteroatoms. The molecule has 0 saturated carbocycles. The number of nitrogens with one attached hydrogen (secondary N) is 1. The number of fused-ring (bicyclic) bond motifs is 1. The molecule has 2 aromatic carbocycles. The fourth-order valence-corrected chi connectivity index (χ4v) is 3.14. The standard InChI is InChI=1S/C22H17N3O3/c1-14-7-5-8-15(13-14)24-21(27)18-19(26)17-11-6-12-23-20(17)25(22(18)28)16-9-3-2-4-10-16/h2-13,26H,1H3,(H,24,27). The van der Waals surface area contributed by atoms with Gasteiger partial charge in [0.05, 0.1) is 11.1 Å². The lowest BCUT2D eigenvalue weighted by atomic mass is 10.1. The predicted molar refractivity (Wildman–Crippen MR) is 108 cm³/mol. The fraction of sp³-hybridized carbons (Fsp3) is 0.0455. The van der Waals surface area contributed by atoms with Gasteiger partial charge in [0.25, 0.3) is 11.5 Å². The van der Waals surface area contributed by atoms with Crippen molar-refractivity contribution in [2.75, 3.05) is 5.32 Å². The summed E-state index contributed by atoms with van der Waals surface area (Å²) in [7, 11) is 0. The van der Waals surface area contributed by atoms with Crippen LogP contribution in [0.1, 0.15) is 15.9 Å². The Morgan fingerprint density at radius 2 is 1.82 bits per heavy atom. The molecule has 0 aliphatic heterocycles. The second-order valence-electron chi connectivity index (χ2n) is 6.40. The Morgan fingerprint density at radius 1 is 1.04 bits per heavy atom. The smallest absolute Gasteiger partial charge is 0.273 e. The average molecular weight is 371 g/mol. The summed E-state index contributed by atoms with van der Waals surface area (Å²) in [5, 5.41) is 13.7. The van der Waals surface area contributed by atoms with Crippen molar-refractivity contribution in [2.24, 2.45) is 0 Å². The summed E-state index contributed by atoms with van der Waals surface area (Å²) in [6, 6.07) is 19.4. The summed E-state index contributed by atoms with van der Waals surface area (Å²) >= 11 is 0. The van der Waals surface area contributed by atoms with Gasteiger partial charge in [0, 0.05) is 11.9 Å². The molecule has 0 spiro atoms. The Labute approximate surface area is 160 Å². The van der Waals surface area contributed by atoms with Crippen LogP contribution < -0.4 is 10.9 Å². The number of para-hydroxylation sites is 1. The number of hydrogen-bond acceptors (Lipinski definition) is 4. The van der Waals surface area contributed by atoms with Crippen molar-refractivity contribution in [1.29, 1.82) is 0 Å². The Balaban J connectivity index is 1.94. The van der Waals surface area contributed by atoms with Gasteiger partial charge in [0.1, 0.15) is 11.3 Å². The van der Waals surface area contributed by atoms with E-state index in [2.05, 4.69) is 10.3 Å². The van der Waals surface area contributed by atoms with Crippen molar-refractivity contribution >= 4 is 22.6 Å². The summed E-state index contributed by atoms with van der Waals surface area (Å²) in [4.78, 5) is 30.3. The molecule has 0 aliphatic carbocycles. The Bertz CT molecular complexity index is 1250. The van der Waals surface area contributed by atoms with Crippen LogP contribution in [0.25, 0.3) is 16.7 Å². The van der Waals surface area contributed by atoms with Crippen LogP contribution >= 0.6 is 0 Å². The molecule has 2 heterocycles. The average Bonchev–Trinajstić information content (AvgIpc) is 2.69. The van der Waals surface area contributed by atoms with Gasteiger partial charge >= 0.3 is 0 Å². The number of carbonyl (C=O) groups is 1. The highest BCUT2D eigenvalue weighted by Gasteiger charge is 2.23. The van der Waals surface area contributed by atoms with E-state index in [0.29, 0.717) is 16.8 Å². The van der Waals surface area contributed by atoms with E-state index in [-0.39, 0.29) is 17.0 Å². The number of aromatic nitrogens is 2. The summed E-state index contributed by atoms with van der Waals surface area (Å²) in [5.74, 6) is -1.06. The number of hydrogen-bond donors (Lipinski definition) is 2. The molecular weight excluding hydrogens is 354 g/mol. The molecule has 0 radical (unpaired) electrons. The van der Waals surface area contributed by atoms with Crippen molar-refractivity contribution in [1.82, 2.24) is 9.55 Å². The van der Waals surface area contributed by atoms with E-state index in [9.17, 15) is 14.7 Å². The summed E-state index contributed by atoms with van der Waals surface area (Å²) < 4.78 is 1.33. The Kier molecular flexibility index (Phi) is 4.37. The maximum atomic E-state index is 13.2. The molecule has 4 rings (SSSR count). The van der Waals surface area contributed by atoms with Gasteiger partial charge < -0.3 is 10.4 Å². The van der Waals surface area contributed by atoms with Crippen molar-refractivity contribution in [3.8, 4) is 11.4 Å². The van der Waals surface area contributed by atoms with Crippen LogP contribution in [0.15, 0.2) is 77.7 Å². The normalized spacial score (nSPS) is 10.8. The van der Waals surface area contributed by atoms with E-state index in [4.69, 9.17) is 0 Å². The minimum atomic E-state index is -0.677. The van der Waals surface area contributed by atoms with Gasteiger partial charge in [-0.25, -0.2) is 4.98 Å². The fourth-order valence-electron chi connectivity index (χ4n) is 3.14. The van der Waals surface area contributed by atoms with Crippen LogP contribution in [-0.2, 0) is 0 Å². The molecule has 6 nitrogen and oxygen atoms in total.